The monoisotopic (exact) mass is 243 g/mol. The van der Waals surface area contributed by atoms with Crippen LogP contribution < -0.4 is 10.6 Å². The molecule has 1 amide bonds. The van der Waals surface area contributed by atoms with Crippen LogP contribution in [0.5, 0.6) is 0 Å². The van der Waals surface area contributed by atoms with Gasteiger partial charge in [-0.2, -0.15) is 5.26 Å². The van der Waals surface area contributed by atoms with E-state index < -0.39 is 0 Å². The van der Waals surface area contributed by atoms with Gasteiger partial charge in [0.15, 0.2) is 0 Å². The Kier molecular flexibility index (Phi) is 4.32. The Morgan fingerprint density at radius 2 is 2.33 bits per heavy atom. The molecule has 0 bridgehead atoms. The summed E-state index contributed by atoms with van der Waals surface area (Å²) in [5, 5.41) is 15.0. The van der Waals surface area contributed by atoms with Crippen LogP contribution in [0.15, 0.2) is 24.3 Å². The number of hydrogen-bond acceptors (Lipinski definition) is 3. The van der Waals surface area contributed by atoms with E-state index in [4.69, 9.17) is 5.26 Å². The van der Waals surface area contributed by atoms with Crippen molar-refractivity contribution in [1.29, 1.82) is 5.26 Å². The second-order valence-electron chi connectivity index (χ2n) is 4.53. The fraction of sp³-hybridized carbons (Fsp3) is 0.429. The molecule has 0 radical (unpaired) electrons. The van der Waals surface area contributed by atoms with Crippen molar-refractivity contribution in [1.82, 2.24) is 10.6 Å². The van der Waals surface area contributed by atoms with Gasteiger partial charge in [-0.05, 0) is 37.0 Å². The maximum Gasteiger partial charge on any atom is 0.237 e. The van der Waals surface area contributed by atoms with Gasteiger partial charge in [0.1, 0.15) is 0 Å². The van der Waals surface area contributed by atoms with Crippen molar-refractivity contribution in [3.63, 3.8) is 0 Å². The van der Waals surface area contributed by atoms with Gasteiger partial charge in [-0.15, -0.1) is 0 Å². The highest BCUT2D eigenvalue weighted by Crippen LogP contribution is 2.08. The van der Waals surface area contributed by atoms with E-state index in [2.05, 4.69) is 16.7 Å². The van der Waals surface area contributed by atoms with Crippen molar-refractivity contribution in [2.24, 2.45) is 0 Å². The Balaban J connectivity index is 1.93. The third kappa shape index (κ3) is 3.31. The lowest BCUT2D eigenvalue weighted by Crippen LogP contribution is -2.42. The molecular formula is C14H17N3O. The molecule has 1 heterocycles. The molecule has 0 aliphatic carbocycles. The molecule has 2 rings (SSSR count). The fourth-order valence-electron chi connectivity index (χ4n) is 2.13. The van der Waals surface area contributed by atoms with E-state index in [1.165, 1.54) is 0 Å². The van der Waals surface area contributed by atoms with Gasteiger partial charge in [-0.3, -0.25) is 4.79 Å². The molecular weight excluding hydrogens is 226 g/mol. The van der Waals surface area contributed by atoms with Crippen molar-refractivity contribution in [3.05, 3.63) is 35.4 Å². The number of nitrogens with one attached hydrogen (secondary N) is 2. The van der Waals surface area contributed by atoms with Crippen molar-refractivity contribution >= 4 is 5.91 Å². The fourth-order valence-corrected chi connectivity index (χ4v) is 2.13. The number of amides is 1. The third-order valence-electron chi connectivity index (χ3n) is 3.14. The van der Waals surface area contributed by atoms with Gasteiger partial charge in [0.05, 0.1) is 17.7 Å². The molecule has 0 saturated carbocycles. The largest absolute Gasteiger partial charge is 0.355 e. The molecule has 1 atom stereocenters. The summed E-state index contributed by atoms with van der Waals surface area (Å²) >= 11 is 0. The Morgan fingerprint density at radius 3 is 3.17 bits per heavy atom. The molecule has 1 saturated heterocycles. The summed E-state index contributed by atoms with van der Waals surface area (Å²) in [5.41, 5.74) is 1.69. The predicted octanol–water partition coefficient (Wildman–Crippen LogP) is 1.32. The number of hydrogen-bond donors (Lipinski definition) is 2. The molecule has 1 aromatic carbocycles. The standard InChI is InChI=1S/C14H17N3O/c15-9-11-4-3-5-12(8-11)10-17-13-6-1-2-7-16-14(13)18/h3-5,8,13,17H,1-2,6-7,10H2,(H,16,18)/t13-/m0/s1. The van der Waals surface area contributed by atoms with E-state index in [-0.39, 0.29) is 11.9 Å². The van der Waals surface area contributed by atoms with Crippen LogP contribution in [0, 0.1) is 11.3 Å². The van der Waals surface area contributed by atoms with Crippen LogP contribution >= 0.6 is 0 Å². The van der Waals surface area contributed by atoms with Gasteiger partial charge < -0.3 is 10.6 Å². The third-order valence-corrected chi connectivity index (χ3v) is 3.14. The molecule has 0 aromatic heterocycles. The zero-order valence-electron chi connectivity index (χ0n) is 10.3. The topological polar surface area (TPSA) is 64.9 Å². The van der Waals surface area contributed by atoms with Gasteiger partial charge in [0, 0.05) is 13.1 Å². The van der Waals surface area contributed by atoms with Gasteiger partial charge in [0.25, 0.3) is 0 Å². The Hall–Kier alpha value is -1.86. The Labute approximate surface area is 107 Å². The summed E-state index contributed by atoms with van der Waals surface area (Å²) in [5.74, 6) is 0.0870. The van der Waals surface area contributed by atoms with Crippen LogP contribution in [0.2, 0.25) is 0 Å². The molecule has 1 fully saturated rings. The van der Waals surface area contributed by atoms with E-state index in [0.717, 1.165) is 31.4 Å². The number of carbonyl (C=O) groups is 1. The highest BCUT2D eigenvalue weighted by Gasteiger charge is 2.19. The lowest BCUT2D eigenvalue weighted by atomic mass is 10.1. The normalized spacial score (nSPS) is 19.7. The van der Waals surface area contributed by atoms with Gasteiger partial charge in [-0.1, -0.05) is 12.1 Å². The zero-order chi connectivity index (χ0) is 12.8. The van der Waals surface area contributed by atoms with Crippen LogP contribution in [-0.4, -0.2) is 18.5 Å². The van der Waals surface area contributed by atoms with Gasteiger partial charge in [-0.25, -0.2) is 0 Å². The number of nitrogens with zero attached hydrogens (tertiary/aromatic N) is 1. The van der Waals surface area contributed by atoms with Crippen LogP contribution in [0.1, 0.15) is 30.4 Å². The summed E-state index contributed by atoms with van der Waals surface area (Å²) in [6.45, 7) is 1.40. The van der Waals surface area contributed by atoms with Gasteiger partial charge in [0.2, 0.25) is 5.91 Å². The minimum absolute atomic E-state index is 0.0870. The van der Waals surface area contributed by atoms with Crippen LogP contribution in [0.3, 0.4) is 0 Å². The molecule has 4 nitrogen and oxygen atoms in total. The molecule has 94 valence electrons. The smallest absolute Gasteiger partial charge is 0.237 e. The average molecular weight is 243 g/mol. The molecule has 1 aliphatic heterocycles. The summed E-state index contributed by atoms with van der Waals surface area (Å²) in [7, 11) is 0. The van der Waals surface area contributed by atoms with Crippen molar-refractivity contribution in [2.75, 3.05) is 6.54 Å². The highest BCUT2D eigenvalue weighted by atomic mass is 16.2. The van der Waals surface area contributed by atoms with Gasteiger partial charge >= 0.3 is 0 Å². The summed E-state index contributed by atoms with van der Waals surface area (Å²) in [6.07, 6.45) is 2.99. The van der Waals surface area contributed by atoms with E-state index in [1.807, 2.05) is 18.2 Å². The summed E-state index contributed by atoms with van der Waals surface area (Å²) < 4.78 is 0. The first-order chi connectivity index (χ1) is 8.79. The van der Waals surface area contributed by atoms with Crippen molar-refractivity contribution < 1.29 is 4.79 Å². The number of rotatable bonds is 3. The molecule has 2 N–H and O–H groups in total. The summed E-state index contributed by atoms with van der Waals surface area (Å²) in [6, 6.07) is 9.46. The van der Waals surface area contributed by atoms with Crippen molar-refractivity contribution in [3.8, 4) is 6.07 Å². The lowest BCUT2D eigenvalue weighted by molar-refractivity contribution is -0.122. The van der Waals surface area contributed by atoms with E-state index in [9.17, 15) is 4.79 Å². The molecule has 0 spiro atoms. The molecule has 0 unspecified atom stereocenters. The first-order valence-corrected chi connectivity index (χ1v) is 6.30. The lowest BCUT2D eigenvalue weighted by Gasteiger charge is -2.15. The van der Waals surface area contributed by atoms with Crippen LogP contribution in [0.25, 0.3) is 0 Å². The SMILES string of the molecule is N#Cc1cccc(CN[C@H]2CCCCNC2=O)c1. The van der Waals surface area contributed by atoms with Crippen LogP contribution in [-0.2, 0) is 11.3 Å². The highest BCUT2D eigenvalue weighted by molar-refractivity contribution is 5.81. The average Bonchev–Trinajstić information content (AvgIpc) is 2.61. The quantitative estimate of drug-likeness (QED) is 0.841. The maximum absolute atomic E-state index is 11.7. The molecule has 1 aliphatic rings. The minimum Gasteiger partial charge on any atom is -0.355 e. The molecule has 4 heteroatoms. The maximum atomic E-state index is 11.7. The van der Waals surface area contributed by atoms with Crippen molar-refractivity contribution in [2.45, 2.75) is 31.8 Å². The molecule has 18 heavy (non-hydrogen) atoms. The van der Waals surface area contributed by atoms with E-state index >= 15 is 0 Å². The molecule has 1 aromatic rings. The Bertz CT molecular complexity index is 464. The second-order valence-corrected chi connectivity index (χ2v) is 4.53. The van der Waals surface area contributed by atoms with Crippen LogP contribution in [0.4, 0.5) is 0 Å². The second kappa shape index (κ2) is 6.18. The summed E-state index contributed by atoms with van der Waals surface area (Å²) in [4.78, 5) is 11.7. The number of benzene rings is 1. The van der Waals surface area contributed by atoms with E-state index in [0.29, 0.717) is 12.1 Å². The number of carbonyl (C=O) groups excluding carboxylic acids is 1. The first kappa shape index (κ1) is 12.6. The minimum atomic E-state index is -0.113. The predicted molar refractivity (Wildman–Crippen MR) is 68.6 cm³/mol. The zero-order valence-corrected chi connectivity index (χ0v) is 10.3. The number of nitriles is 1. The first-order valence-electron chi connectivity index (χ1n) is 6.30. The Morgan fingerprint density at radius 1 is 1.44 bits per heavy atom. The van der Waals surface area contributed by atoms with E-state index in [1.54, 1.807) is 6.07 Å².